The number of nitrogens with one attached hydrogen (secondary N) is 2. The van der Waals surface area contributed by atoms with Crippen LogP contribution >= 0.6 is 0 Å². The van der Waals surface area contributed by atoms with Crippen molar-refractivity contribution in [2.45, 2.75) is 61.2 Å². The minimum atomic E-state index is -1.47. The third-order valence-electron chi connectivity index (χ3n) is 4.17. The highest BCUT2D eigenvalue weighted by atomic mass is 28.3. The quantitative estimate of drug-likeness (QED) is 0.519. The minimum absolute atomic E-state index is 0.0849. The molecule has 170 valence electrons. The van der Waals surface area contributed by atoms with Gasteiger partial charge in [0.2, 0.25) is 23.7 Å². The molecule has 2 N–H and O–H groups in total. The van der Waals surface area contributed by atoms with Gasteiger partial charge in [-0.25, -0.2) is 0 Å². The second kappa shape index (κ2) is 9.21. The summed E-state index contributed by atoms with van der Waals surface area (Å²) in [6.07, 6.45) is 0. The third kappa shape index (κ3) is 7.57. The number of hydrogen-bond donors (Lipinski definition) is 2. The molecule has 1 heterocycles. The number of amides is 2. The lowest BCUT2D eigenvalue weighted by atomic mass is 9.96. The summed E-state index contributed by atoms with van der Waals surface area (Å²) in [6, 6.07) is 7.56. The van der Waals surface area contributed by atoms with Crippen LogP contribution in [0.1, 0.15) is 47.1 Å². The molecule has 0 saturated heterocycles. The van der Waals surface area contributed by atoms with E-state index in [1.807, 2.05) is 24.3 Å². The average molecular weight is 452 g/mol. The van der Waals surface area contributed by atoms with Crippen molar-refractivity contribution in [3.05, 3.63) is 29.8 Å². The van der Waals surface area contributed by atoms with Crippen LogP contribution in [0.2, 0.25) is 19.6 Å². The van der Waals surface area contributed by atoms with Crippen LogP contribution < -0.4 is 10.6 Å². The first-order chi connectivity index (χ1) is 14.5. The van der Waals surface area contributed by atoms with Crippen LogP contribution in [-0.4, -0.2) is 34.8 Å². The zero-order valence-electron chi connectivity index (χ0n) is 20.5. The summed E-state index contributed by atoms with van der Waals surface area (Å²) >= 11 is 0. The van der Waals surface area contributed by atoms with Crippen molar-refractivity contribution in [1.82, 2.24) is 15.0 Å². The van der Waals surface area contributed by atoms with Crippen LogP contribution in [0.25, 0.3) is 11.4 Å². The number of rotatable bonds is 3. The molecular formula is C24H33N5O2Si. The molecule has 2 rings (SSSR count). The van der Waals surface area contributed by atoms with E-state index in [9.17, 15) is 9.59 Å². The van der Waals surface area contributed by atoms with Gasteiger partial charge >= 0.3 is 0 Å². The number of hydrogen-bond acceptors (Lipinski definition) is 5. The largest absolute Gasteiger partial charge is 0.294 e. The van der Waals surface area contributed by atoms with Crippen molar-refractivity contribution in [2.75, 3.05) is 10.6 Å². The van der Waals surface area contributed by atoms with Gasteiger partial charge in [0, 0.05) is 22.0 Å². The van der Waals surface area contributed by atoms with Crippen LogP contribution in [0.15, 0.2) is 24.3 Å². The number of carbonyl (C=O) groups is 2. The molecule has 0 spiro atoms. The Hall–Kier alpha value is -3.05. The summed E-state index contributed by atoms with van der Waals surface area (Å²) in [7, 11) is -1.47. The van der Waals surface area contributed by atoms with Gasteiger partial charge in [-0.1, -0.05) is 67.1 Å². The Morgan fingerprint density at radius 1 is 0.781 bits per heavy atom. The molecule has 0 radical (unpaired) electrons. The van der Waals surface area contributed by atoms with Crippen LogP contribution in [0, 0.1) is 22.3 Å². The monoisotopic (exact) mass is 451 g/mol. The summed E-state index contributed by atoms with van der Waals surface area (Å²) in [6.45, 7) is 17.4. The maximum absolute atomic E-state index is 12.5. The first kappa shape index (κ1) is 25.2. The van der Waals surface area contributed by atoms with E-state index in [0.717, 1.165) is 11.1 Å². The van der Waals surface area contributed by atoms with Gasteiger partial charge in [-0.3, -0.25) is 20.2 Å². The Labute approximate surface area is 191 Å². The van der Waals surface area contributed by atoms with Crippen molar-refractivity contribution in [2.24, 2.45) is 10.8 Å². The fourth-order valence-electron chi connectivity index (χ4n) is 2.16. The second-order valence-corrected chi connectivity index (χ2v) is 15.5. The average Bonchev–Trinajstić information content (AvgIpc) is 2.64. The van der Waals surface area contributed by atoms with Gasteiger partial charge in [0.1, 0.15) is 8.07 Å². The minimum Gasteiger partial charge on any atom is -0.294 e. The van der Waals surface area contributed by atoms with E-state index in [1.165, 1.54) is 0 Å². The van der Waals surface area contributed by atoms with Gasteiger partial charge in [0.15, 0.2) is 5.82 Å². The van der Waals surface area contributed by atoms with Gasteiger partial charge in [-0.15, -0.1) is 5.54 Å². The molecule has 2 aromatic rings. The van der Waals surface area contributed by atoms with Crippen molar-refractivity contribution >= 4 is 31.8 Å². The zero-order valence-corrected chi connectivity index (χ0v) is 21.5. The molecule has 0 unspecified atom stereocenters. The fourth-order valence-corrected chi connectivity index (χ4v) is 2.68. The van der Waals surface area contributed by atoms with E-state index in [-0.39, 0.29) is 23.7 Å². The number of anilines is 2. The smallest absolute Gasteiger partial charge is 0.234 e. The van der Waals surface area contributed by atoms with E-state index in [1.54, 1.807) is 41.5 Å². The Kier molecular flexibility index (Phi) is 7.25. The molecule has 0 saturated carbocycles. The van der Waals surface area contributed by atoms with Gasteiger partial charge in [0.25, 0.3) is 0 Å². The highest BCUT2D eigenvalue weighted by molar-refractivity contribution is 6.83. The van der Waals surface area contributed by atoms with Crippen molar-refractivity contribution in [3.8, 4) is 22.9 Å². The summed E-state index contributed by atoms with van der Waals surface area (Å²) in [5.41, 5.74) is 3.72. The molecule has 2 amide bonds. The third-order valence-corrected chi connectivity index (χ3v) is 5.05. The molecule has 1 aromatic carbocycles. The summed E-state index contributed by atoms with van der Waals surface area (Å²) in [5, 5.41) is 5.44. The van der Waals surface area contributed by atoms with Gasteiger partial charge < -0.3 is 0 Å². The normalized spacial score (nSPS) is 11.9. The number of benzene rings is 1. The van der Waals surface area contributed by atoms with E-state index in [4.69, 9.17) is 0 Å². The molecule has 1 aromatic heterocycles. The molecular weight excluding hydrogens is 418 g/mol. The highest BCUT2D eigenvalue weighted by Crippen LogP contribution is 2.22. The van der Waals surface area contributed by atoms with Crippen molar-refractivity contribution < 1.29 is 9.59 Å². The molecule has 0 atom stereocenters. The van der Waals surface area contributed by atoms with Gasteiger partial charge in [-0.05, 0) is 24.3 Å². The maximum Gasteiger partial charge on any atom is 0.234 e. The predicted molar refractivity (Wildman–Crippen MR) is 132 cm³/mol. The molecule has 8 heteroatoms. The molecule has 0 aliphatic carbocycles. The number of aromatic nitrogens is 3. The zero-order chi connectivity index (χ0) is 24.3. The van der Waals surface area contributed by atoms with Crippen LogP contribution in [0.3, 0.4) is 0 Å². The summed E-state index contributed by atoms with van der Waals surface area (Å²) < 4.78 is 0. The van der Waals surface area contributed by atoms with E-state index in [0.29, 0.717) is 5.82 Å². The van der Waals surface area contributed by atoms with E-state index in [2.05, 4.69) is 56.7 Å². The lowest BCUT2D eigenvalue weighted by molar-refractivity contribution is -0.123. The number of nitrogens with zero attached hydrogens (tertiary/aromatic N) is 3. The van der Waals surface area contributed by atoms with Crippen LogP contribution in [-0.2, 0) is 9.59 Å². The molecule has 0 fully saturated rings. The Bertz CT molecular complexity index is 1020. The number of carbonyl (C=O) groups excluding carboxylic acids is 2. The Morgan fingerprint density at radius 2 is 1.22 bits per heavy atom. The predicted octanol–water partition coefficient (Wildman–Crippen LogP) is 4.74. The topological polar surface area (TPSA) is 96.9 Å². The molecule has 0 aliphatic heterocycles. The highest BCUT2D eigenvalue weighted by Gasteiger charge is 2.25. The van der Waals surface area contributed by atoms with Crippen LogP contribution in [0.5, 0.6) is 0 Å². The summed E-state index contributed by atoms with van der Waals surface area (Å²) in [4.78, 5) is 38.0. The van der Waals surface area contributed by atoms with Crippen molar-refractivity contribution in [3.63, 3.8) is 0 Å². The standard InChI is InChI=1S/C24H33N5O2Si/c1-23(2,3)19(30)27-21-25-18(26-22(29-21)28-20(31)24(4,5)6)17-12-10-16(11-13-17)14-15-32(7,8)9/h10-13H,1-9H3,(H2,25,26,27,28,29,30,31). The first-order valence-electron chi connectivity index (χ1n) is 10.6. The first-order valence-corrected chi connectivity index (χ1v) is 14.1. The van der Waals surface area contributed by atoms with Gasteiger partial charge in [0.05, 0.1) is 0 Å². The maximum atomic E-state index is 12.5. The van der Waals surface area contributed by atoms with Gasteiger partial charge in [-0.2, -0.15) is 15.0 Å². The van der Waals surface area contributed by atoms with E-state index >= 15 is 0 Å². The molecule has 0 bridgehead atoms. The molecule has 0 aliphatic rings. The summed E-state index contributed by atoms with van der Waals surface area (Å²) in [5.74, 6) is 3.26. The van der Waals surface area contributed by atoms with Crippen molar-refractivity contribution in [1.29, 1.82) is 0 Å². The SMILES string of the molecule is CC(C)(C)C(=O)Nc1nc(NC(=O)C(C)(C)C)nc(-c2ccc(C#C[Si](C)(C)C)cc2)n1. The van der Waals surface area contributed by atoms with E-state index < -0.39 is 18.9 Å². The fraction of sp³-hybridized carbons (Fsp3) is 0.458. The Morgan fingerprint density at radius 3 is 1.59 bits per heavy atom. The molecule has 7 nitrogen and oxygen atoms in total. The lowest BCUT2D eigenvalue weighted by Crippen LogP contribution is -2.30. The lowest BCUT2D eigenvalue weighted by Gasteiger charge is -2.19. The second-order valence-electron chi connectivity index (χ2n) is 10.8. The Balaban J connectivity index is 2.44. The van der Waals surface area contributed by atoms with Crippen LogP contribution in [0.4, 0.5) is 11.9 Å². The molecule has 32 heavy (non-hydrogen) atoms.